The van der Waals surface area contributed by atoms with Crippen molar-refractivity contribution in [3.05, 3.63) is 29.6 Å². The molecule has 1 unspecified atom stereocenters. The lowest BCUT2D eigenvalue weighted by atomic mass is 10.2. The fraction of sp³-hybridized carbons (Fsp3) is 0.400. The van der Waals surface area contributed by atoms with Crippen LogP contribution in [-0.2, 0) is 0 Å². The van der Waals surface area contributed by atoms with Gasteiger partial charge in [-0.1, -0.05) is 0 Å². The summed E-state index contributed by atoms with van der Waals surface area (Å²) in [6.45, 7) is 3.70. The smallest absolute Gasteiger partial charge is 0.125 e. The van der Waals surface area contributed by atoms with E-state index in [9.17, 15) is 4.39 Å². The van der Waals surface area contributed by atoms with Crippen LogP contribution in [0, 0.1) is 12.7 Å². The summed E-state index contributed by atoms with van der Waals surface area (Å²) in [5.74, 6) is -0.257. The van der Waals surface area contributed by atoms with E-state index in [2.05, 4.69) is 5.32 Å². The number of benzene rings is 1. The second-order valence-electron chi connectivity index (χ2n) is 3.25. The molecule has 0 fully saturated rings. The van der Waals surface area contributed by atoms with E-state index in [1.165, 1.54) is 12.1 Å². The number of hydrogen-bond donors (Lipinski definition) is 2. The van der Waals surface area contributed by atoms with Crippen molar-refractivity contribution in [3.8, 4) is 0 Å². The number of halogens is 1. The average Bonchev–Trinajstić information content (AvgIpc) is 2.02. The van der Waals surface area contributed by atoms with Crippen LogP contribution in [0.5, 0.6) is 0 Å². The number of aliphatic hydroxyl groups excluding tert-OH is 1. The Morgan fingerprint density at radius 2 is 2.15 bits per heavy atom. The quantitative estimate of drug-likeness (QED) is 0.750. The zero-order valence-corrected chi connectivity index (χ0v) is 7.84. The fourth-order valence-corrected chi connectivity index (χ4v) is 1.15. The summed E-state index contributed by atoms with van der Waals surface area (Å²) in [7, 11) is 0. The van der Waals surface area contributed by atoms with E-state index >= 15 is 0 Å². The van der Waals surface area contributed by atoms with Crippen molar-refractivity contribution >= 4 is 5.69 Å². The van der Waals surface area contributed by atoms with Gasteiger partial charge < -0.3 is 10.4 Å². The van der Waals surface area contributed by atoms with Gasteiger partial charge in [0.1, 0.15) is 5.82 Å². The minimum atomic E-state index is -0.257. The number of aryl methyl sites for hydroxylation is 1. The second-order valence-corrected chi connectivity index (χ2v) is 3.25. The van der Waals surface area contributed by atoms with E-state index in [4.69, 9.17) is 5.11 Å². The number of anilines is 1. The van der Waals surface area contributed by atoms with Gasteiger partial charge in [-0.15, -0.1) is 0 Å². The van der Waals surface area contributed by atoms with Crippen LogP contribution in [0.1, 0.15) is 12.5 Å². The summed E-state index contributed by atoms with van der Waals surface area (Å²) in [5.41, 5.74) is 1.58. The molecule has 0 aliphatic heterocycles. The van der Waals surface area contributed by atoms with Crippen molar-refractivity contribution in [3.63, 3.8) is 0 Å². The molecule has 3 heteroatoms. The summed E-state index contributed by atoms with van der Waals surface area (Å²) < 4.78 is 12.9. The van der Waals surface area contributed by atoms with E-state index in [1.54, 1.807) is 0 Å². The maximum atomic E-state index is 12.9. The van der Waals surface area contributed by atoms with Crippen LogP contribution in [-0.4, -0.2) is 17.8 Å². The molecule has 0 saturated carbocycles. The van der Waals surface area contributed by atoms with E-state index < -0.39 is 0 Å². The van der Waals surface area contributed by atoms with Gasteiger partial charge in [0.15, 0.2) is 0 Å². The zero-order valence-electron chi connectivity index (χ0n) is 7.84. The summed E-state index contributed by atoms with van der Waals surface area (Å²) in [6, 6.07) is 4.67. The molecule has 1 aromatic carbocycles. The molecule has 1 rings (SSSR count). The minimum absolute atomic E-state index is 0.0373. The predicted molar refractivity (Wildman–Crippen MR) is 51.3 cm³/mol. The van der Waals surface area contributed by atoms with Crippen molar-refractivity contribution < 1.29 is 9.50 Å². The fourth-order valence-electron chi connectivity index (χ4n) is 1.15. The molecule has 2 N–H and O–H groups in total. The van der Waals surface area contributed by atoms with E-state index in [1.807, 2.05) is 19.9 Å². The van der Waals surface area contributed by atoms with Crippen LogP contribution in [0.4, 0.5) is 10.1 Å². The normalized spacial score (nSPS) is 12.6. The highest BCUT2D eigenvalue weighted by molar-refractivity contribution is 5.46. The first-order valence-electron chi connectivity index (χ1n) is 4.26. The zero-order chi connectivity index (χ0) is 9.84. The molecule has 0 spiro atoms. The highest BCUT2D eigenvalue weighted by Crippen LogP contribution is 2.13. The van der Waals surface area contributed by atoms with Gasteiger partial charge in [-0.3, -0.25) is 0 Å². The minimum Gasteiger partial charge on any atom is -0.394 e. The molecule has 0 aromatic heterocycles. The molecule has 1 atom stereocenters. The monoisotopic (exact) mass is 183 g/mol. The van der Waals surface area contributed by atoms with Crippen LogP contribution in [0.2, 0.25) is 0 Å². The standard InChI is InChI=1S/C10H14FNO/c1-7-3-9(11)5-10(4-7)12-8(2)6-13/h3-5,8,12-13H,6H2,1-2H3. The maximum Gasteiger partial charge on any atom is 0.125 e. The Balaban J connectivity index is 2.77. The first-order valence-corrected chi connectivity index (χ1v) is 4.26. The molecule has 0 heterocycles. The molecule has 0 saturated heterocycles. The van der Waals surface area contributed by atoms with Crippen molar-refractivity contribution in [1.82, 2.24) is 0 Å². The molecular weight excluding hydrogens is 169 g/mol. The molecular formula is C10H14FNO. The number of aliphatic hydroxyl groups is 1. The molecule has 0 aliphatic carbocycles. The highest BCUT2D eigenvalue weighted by atomic mass is 19.1. The molecule has 0 amide bonds. The number of nitrogens with one attached hydrogen (secondary N) is 1. The van der Waals surface area contributed by atoms with Gasteiger partial charge in [-0.2, -0.15) is 0 Å². The summed E-state index contributed by atoms with van der Waals surface area (Å²) in [6.07, 6.45) is 0. The first-order chi connectivity index (χ1) is 6.11. The first kappa shape index (κ1) is 9.99. The van der Waals surface area contributed by atoms with Crippen LogP contribution in [0.15, 0.2) is 18.2 Å². The highest BCUT2D eigenvalue weighted by Gasteiger charge is 2.01. The third-order valence-corrected chi connectivity index (χ3v) is 1.73. The topological polar surface area (TPSA) is 32.3 Å². The molecule has 72 valence electrons. The van der Waals surface area contributed by atoms with Crippen LogP contribution < -0.4 is 5.32 Å². The Bertz CT molecular complexity index is 268. The van der Waals surface area contributed by atoms with Crippen molar-refractivity contribution in [2.45, 2.75) is 19.9 Å². The van der Waals surface area contributed by atoms with Gasteiger partial charge in [0, 0.05) is 11.7 Å². The summed E-state index contributed by atoms with van der Waals surface area (Å²) >= 11 is 0. The molecule has 0 radical (unpaired) electrons. The Morgan fingerprint density at radius 3 is 2.69 bits per heavy atom. The lowest BCUT2D eigenvalue weighted by Crippen LogP contribution is -2.19. The van der Waals surface area contributed by atoms with Crippen LogP contribution in [0.25, 0.3) is 0 Å². The van der Waals surface area contributed by atoms with E-state index in [0.717, 1.165) is 5.56 Å². The van der Waals surface area contributed by atoms with Gasteiger partial charge in [-0.05, 0) is 37.6 Å². The Hall–Kier alpha value is -1.09. The molecule has 1 aromatic rings. The third-order valence-electron chi connectivity index (χ3n) is 1.73. The van der Waals surface area contributed by atoms with Gasteiger partial charge in [-0.25, -0.2) is 4.39 Å². The van der Waals surface area contributed by atoms with Crippen molar-refractivity contribution in [1.29, 1.82) is 0 Å². The Kier molecular flexibility index (Phi) is 3.25. The Morgan fingerprint density at radius 1 is 1.46 bits per heavy atom. The lowest BCUT2D eigenvalue weighted by Gasteiger charge is -2.12. The third kappa shape index (κ3) is 3.03. The van der Waals surface area contributed by atoms with Gasteiger partial charge in [0.25, 0.3) is 0 Å². The SMILES string of the molecule is Cc1cc(F)cc(NC(C)CO)c1. The maximum absolute atomic E-state index is 12.9. The molecule has 13 heavy (non-hydrogen) atoms. The van der Waals surface area contributed by atoms with Crippen molar-refractivity contribution in [2.75, 3.05) is 11.9 Å². The van der Waals surface area contributed by atoms with Gasteiger partial charge >= 0.3 is 0 Å². The molecule has 0 aliphatic rings. The summed E-state index contributed by atoms with van der Waals surface area (Å²) in [5, 5.41) is 11.8. The van der Waals surface area contributed by atoms with Gasteiger partial charge in [0.2, 0.25) is 0 Å². The predicted octanol–water partition coefficient (Wildman–Crippen LogP) is 1.93. The van der Waals surface area contributed by atoms with Crippen molar-refractivity contribution in [2.24, 2.45) is 0 Å². The summed E-state index contributed by atoms with van der Waals surface area (Å²) in [4.78, 5) is 0. The molecule has 2 nitrogen and oxygen atoms in total. The number of hydrogen-bond acceptors (Lipinski definition) is 2. The molecule has 0 bridgehead atoms. The Labute approximate surface area is 77.4 Å². The largest absolute Gasteiger partial charge is 0.394 e. The van der Waals surface area contributed by atoms with E-state index in [-0.39, 0.29) is 18.5 Å². The number of rotatable bonds is 3. The second kappa shape index (κ2) is 4.23. The van der Waals surface area contributed by atoms with Gasteiger partial charge in [0.05, 0.1) is 6.61 Å². The average molecular weight is 183 g/mol. The lowest BCUT2D eigenvalue weighted by molar-refractivity contribution is 0.281. The van der Waals surface area contributed by atoms with Crippen LogP contribution >= 0.6 is 0 Å². The van der Waals surface area contributed by atoms with Crippen LogP contribution in [0.3, 0.4) is 0 Å². The van der Waals surface area contributed by atoms with E-state index in [0.29, 0.717) is 5.69 Å².